The predicted molar refractivity (Wildman–Crippen MR) is 103 cm³/mol. The van der Waals surface area contributed by atoms with Crippen LogP contribution in [0.4, 0.5) is 18.0 Å². The van der Waals surface area contributed by atoms with Crippen LogP contribution in [0.15, 0.2) is 24.3 Å². The van der Waals surface area contributed by atoms with Crippen LogP contribution in [-0.4, -0.2) is 54.1 Å². The van der Waals surface area contributed by atoms with E-state index in [9.17, 15) is 27.6 Å². The monoisotopic (exact) mass is 429 g/mol. The number of nitrogens with one attached hydrogen (secondary N) is 2. The zero-order valence-corrected chi connectivity index (χ0v) is 17.1. The first-order valence-corrected chi connectivity index (χ1v) is 9.58. The van der Waals surface area contributed by atoms with Crippen LogP contribution in [0.3, 0.4) is 0 Å². The predicted octanol–water partition coefficient (Wildman–Crippen LogP) is 2.95. The topological polar surface area (TPSA) is 87.7 Å². The van der Waals surface area contributed by atoms with Crippen molar-refractivity contribution in [1.29, 1.82) is 0 Å². The van der Waals surface area contributed by atoms with Gasteiger partial charge in [0, 0.05) is 24.7 Å². The minimum atomic E-state index is -4.45. The van der Waals surface area contributed by atoms with E-state index in [0.717, 1.165) is 24.3 Å². The molecule has 7 nitrogen and oxygen atoms in total. The Morgan fingerprint density at radius 1 is 1.07 bits per heavy atom. The van der Waals surface area contributed by atoms with Crippen molar-refractivity contribution in [2.24, 2.45) is 0 Å². The number of benzene rings is 1. The van der Waals surface area contributed by atoms with Crippen molar-refractivity contribution in [1.82, 2.24) is 15.5 Å². The molecule has 1 aliphatic heterocycles. The molecule has 0 bridgehead atoms. The molecule has 2 rings (SSSR count). The van der Waals surface area contributed by atoms with Crippen molar-refractivity contribution in [3.05, 3.63) is 35.4 Å². The van der Waals surface area contributed by atoms with Crippen LogP contribution in [-0.2, 0) is 15.7 Å². The summed E-state index contributed by atoms with van der Waals surface area (Å²) in [6.45, 7) is 5.77. The molecular weight excluding hydrogens is 403 g/mol. The largest absolute Gasteiger partial charge is 0.444 e. The fourth-order valence-electron chi connectivity index (χ4n) is 2.93. The lowest BCUT2D eigenvalue weighted by molar-refractivity contribution is -0.137. The van der Waals surface area contributed by atoms with Crippen molar-refractivity contribution in [3.63, 3.8) is 0 Å². The second-order valence-corrected chi connectivity index (χ2v) is 8.06. The standard InChI is InChI=1S/C20H26F3N3O4/c1-19(2,3)30-18(29)24-12-16(27)26-10-8-15(9-11-26)25-17(28)13-4-6-14(7-5-13)20(21,22)23/h4-7,15H,8-12H2,1-3H3,(H,24,29)(H,25,28). The highest BCUT2D eigenvalue weighted by Crippen LogP contribution is 2.29. The Balaban J connectivity index is 1.76. The summed E-state index contributed by atoms with van der Waals surface area (Å²) in [6, 6.07) is 3.82. The van der Waals surface area contributed by atoms with E-state index in [0.29, 0.717) is 25.9 Å². The molecule has 1 aliphatic rings. The van der Waals surface area contributed by atoms with E-state index in [1.54, 1.807) is 25.7 Å². The molecule has 0 saturated carbocycles. The van der Waals surface area contributed by atoms with E-state index in [2.05, 4.69) is 10.6 Å². The average Bonchev–Trinajstić information content (AvgIpc) is 2.64. The van der Waals surface area contributed by atoms with Gasteiger partial charge in [0.2, 0.25) is 5.91 Å². The van der Waals surface area contributed by atoms with Gasteiger partial charge in [0.05, 0.1) is 5.56 Å². The first-order valence-electron chi connectivity index (χ1n) is 9.58. The van der Waals surface area contributed by atoms with Gasteiger partial charge in [-0.2, -0.15) is 13.2 Å². The van der Waals surface area contributed by atoms with Gasteiger partial charge in [0.25, 0.3) is 5.91 Å². The van der Waals surface area contributed by atoms with Crippen LogP contribution < -0.4 is 10.6 Å². The van der Waals surface area contributed by atoms with Gasteiger partial charge in [-0.1, -0.05) is 0 Å². The zero-order chi connectivity index (χ0) is 22.5. The van der Waals surface area contributed by atoms with Crippen molar-refractivity contribution in [3.8, 4) is 0 Å². The second kappa shape index (κ2) is 9.36. The lowest BCUT2D eigenvalue weighted by Gasteiger charge is -2.32. The highest BCUT2D eigenvalue weighted by molar-refractivity contribution is 5.94. The van der Waals surface area contributed by atoms with Gasteiger partial charge in [0.15, 0.2) is 0 Å². The van der Waals surface area contributed by atoms with Crippen molar-refractivity contribution in [2.45, 2.75) is 51.4 Å². The first kappa shape index (κ1) is 23.5. The minimum Gasteiger partial charge on any atom is -0.444 e. The van der Waals surface area contributed by atoms with E-state index < -0.39 is 29.3 Å². The Morgan fingerprint density at radius 2 is 1.63 bits per heavy atom. The molecule has 1 fully saturated rings. The van der Waals surface area contributed by atoms with E-state index in [-0.39, 0.29) is 24.1 Å². The van der Waals surface area contributed by atoms with Gasteiger partial charge >= 0.3 is 12.3 Å². The van der Waals surface area contributed by atoms with Crippen LogP contribution in [0, 0.1) is 0 Å². The molecule has 1 saturated heterocycles. The fourth-order valence-corrected chi connectivity index (χ4v) is 2.93. The van der Waals surface area contributed by atoms with Crippen LogP contribution in [0.25, 0.3) is 0 Å². The number of amides is 3. The summed E-state index contributed by atoms with van der Waals surface area (Å²) in [5.41, 5.74) is -1.33. The van der Waals surface area contributed by atoms with Crippen molar-refractivity contribution in [2.75, 3.05) is 19.6 Å². The highest BCUT2D eigenvalue weighted by atomic mass is 19.4. The quantitative estimate of drug-likeness (QED) is 0.771. The Hall–Kier alpha value is -2.78. The van der Waals surface area contributed by atoms with E-state index >= 15 is 0 Å². The molecule has 0 aromatic heterocycles. The van der Waals surface area contributed by atoms with Gasteiger partial charge in [-0.15, -0.1) is 0 Å². The minimum absolute atomic E-state index is 0.142. The second-order valence-electron chi connectivity index (χ2n) is 8.06. The number of carbonyl (C=O) groups is 3. The van der Waals surface area contributed by atoms with Crippen LogP contribution in [0.2, 0.25) is 0 Å². The van der Waals surface area contributed by atoms with Gasteiger partial charge in [-0.05, 0) is 57.9 Å². The number of alkyl halides is 3. The number of alkyl carbamates (subject to hydrolysis) is 1. The van der Waals surface area contributed by atoms with Gasteiger partial charge in [-0.3, -0.25) is 9.59 Å². The van der Waals surface area contributed by atoms with Crippen LogP contribution in [0.1, 0.15) is 49.5 Å². The van der Waals surface area contributed by atoms with Gasteiger partial charge in [-0.25, -0.2) is 4.79 Å². The van der Waals surface area contributed by atoms with Crippen molar-refractivity contribution < 1.29 is 32.3 Å². The number of carbonyl (C=O) groups excluding carboxylic acids is 3. The lowest BCUT2D eigenvalue weighted by atomic mass is 10.0. The van der Waals surface area contributed by atoms with Gasteiger partial charge < -0.3 is 20.3 Å². The summed E-state index contributed by atoms with van der Waals surface area (Å²) in [5, 5.41) is 5.20. The molecule has 30 heavy (non-hydrogen) atoms. The molecule has 0 atom stereocenters. The smallest absolute Gasteiger partial charge is 0.416 e. The summed E-state index contributed by atoms with van der Waals surface area (Å²) in [7, 11) is 0. The van der Waals surface area contributed by atoms with Crippen LogP contribution >= 0.6 is 0 Å². The maximum absolute atomic E-state index is 12.6. The van der Waals surface area contributed by atoms with Crippen molar-refractivity contribution >= 4 is 17.9 Å². The third-order valence-electron chi connectivity index (χ3n) is 4.44. The van der Waals surface area contributed by atoms with E-state index in [1.807, 2.05) is 0 Å². The summed E-state index contributed by atoms with van der Waals surface area (Å²) < 4.78 is 42.9. The Morgan fingerprint density at radius 3 is 2.13 bits per heavy atom. The Bertz CT molecular complexity index is 765. The van der Waals surface area contributed by atoms with Gasteiger partial charge in [0.1, 0.15) is 12.1 Å². The molecule has 0 radical (unpaired) electrons. The van der Waals surface area contributed by atoms with E-state index in [1.165, 1.54) is 0 Å². The number of halogens is 3. The third-order valence-corrected chi connectivity index (χ3v) is 4.44. The zero-order valence-electron chi connectivity index (χ0n) is 17.1. The number of likely N-dealkylation sites (tertiary alicyclic amines) is 1. The average molecular weight is 429 g/mol. The molecule has 0 spiro atoms. The summed E-state index contributed by atoms with van der Waals surface area (Å²) in [6.07, 6.45) is -4.11. The number of hydrogen-bond donors (Lipinski definition) is 2. The maximum Gasteiger partial charge on any atom is 0.416 e. The highest BCUT2D eigenvalue weighted by Gasteiger charge is 2.30. The van der Waals surface area contributed by atoms with Crippen LogP contribution in [0.5, 0.6) is 0 Å². The summed E-state index contributed by atoms with van der Waals surface area (Å²) >= 11 is 0. The maximum atomic E-state index is 12.6. The number of piperidine rings is 1. The Kier molecular flexibility index (Phi) is 7.33. The number of rotatable bonds is 4. The number of ether oxygens (including phenoxy) is 1. The number of hydrogen-bond acceptors (Lipinski definition) is 4. The fraction of sp³-hybridized carbons (Fsp3) is 0.550. The molecule has 3 amide bonds. The number of nitrogens with zero attached hydrogens (tertiary/aromatic N) is 1. The molecule has 0 unspecified atom stereocenters. The lowest BCUT2D eigenvalue weighted by Crippen LogP contribution is -2.49. The molecule has 10 heteroatoms. The normalized spacial score (nSPS) is 15.5. The first-order chi connectivity index (χ1) is 13.8. The Labute approximate surface area is 172 Å². The molecule has 0 aliphatic carbocycles. The summed E-state index contributed by atoms with van der Waals surface area (Å²) in [4.78, 5) is 37.7. The molecule has 1 aromatic rings. The molecular formula is C20H26F3N3O4. The summed E-state index contributed by atoms with van der Waals surface area (Å²) in [5.74, 6) is -0.714. The van der Waals surface area contributed by atoms with E-state index in [4.69, 9.17) is 4.74 Å². The SMILES string of the molecule is CC(C)(C)OC(=O)NCC(=O)N1CCC(NC(=O)c2ccc(C(F)(F)F)cc2)CC1. The molecule has 2 N–H and O–H groups in total. The molecule has 1 heterocycles. The molecule has 1 aromatic carbocycles. The molecule has 166 valence electrons. The third kappa shape index (κ3) is 7.23.